The summed E-state index contributed by atoms with van der Waals surface area (Å²) >= 11 is 0. The average molecular weight is 330 g/mol. The first kappa shape index (κ1) is 16.5. The van der Waals surface area contributed by atoms with Crippen molar-refractivity contribution in [3.63, 3.8) is 0 Å². The first-order valence-electron chi connectivity index (χ1n) is 8.00. The van der Waals surface area contributed by atoms with Gasteiger partial charge in [0, 0.05) is 26.0 Å². The molecular formula is C18H22N2O4. The number of benzene rings is 1. The highest BCUT2D eigenvalue weighted by Gasteiger charge is 2.17. The van der Waals surface area contributed by atoms with Crippen molar-refractivity contribution < 1.29 is 18.9 Å². The molecule has 2 aromatic rings. The molecule has 1 saturated heterocycles. The smallest absolute Gasteiger partial charge is 0.146 e. The van der Waals surface area contributed by atoms with Crippen LogP contribution >= 0.6 is 0 Å². The Hall–Kier alpha value is -2.31. The number of hydrogen-bond acceptors (Lipinski definition) is 6. The molecule has 0 amide bonds. The molecule has 2 N–H and O–H groups in total. The van der Waals surface area contributed by atoms with Crippen LogP contribution in [0.25, 0.3) is 0 Å². The van der Waals surface area contributed by atoms with Crippen LogP contribution in [0.2, 0.25) is 0 Å². The lowest BCUT2D eigenvalue weighted by Gasteiger charge is -2.24. The Morgan fingerprint density at radius 3 is 2.67 bits per heavy atom. The highest BCUT2D eigenvalue weighted by atomic mass is 16.5. The van der Waals surface area contributed by atoms with Crippen LogP contribution in [0.3, 0.4) is 0 Å². The van der Waals surface area contributed by atoms with E-state index in [2.05, 4.69) is 4.98 Å². The lowest BCUT2D eigenvalue weighted by molar-refractivity contribution is 0.0258. The van der Waals surface area contributed by atoms with E-state index in [1.807, 2.05) is 24.3 Å². The fraction of sp³-hybridized carbons (Fsp3) is 0.389. The van der Waals surface area contributed by atoms with E-state index in [0.29, 0.717) is 29.5 Å². The molecule has 0 saturated carbocycles. The Kier molecular flexibility index (Phi) is 5.51. The van der Waals surface area contributed by atoms with Crippen LogP contribution in [0, 0.1) is 0 Å². The number of methoxy groups -OCH3 is 1. The minimum absolute atomic E-state index is 0.131. The molecule has 1 aliphatic heterocycles. The summed E-state index contributed by atoms with van der Waals surface area (Å²) in [5.41, 5.74) is 7.47. The van der Waals surface area contributed by atoms with Crippen molar-refractivity contribution in [2.45, 2.75) is 25.6 Å². The third-order valence-electron chi connectivity index (χ3n) is 3.77. The Morgan fingerprint density at radius 1 is 1.17 bits per heavy atom. The fourth-order valence-electron chi connectivity index (χ4n) is 2.49. The van der Waals surface area contributed by atoms with E-state index in [-0.39, 0.29) is 6.10 Å². The van der Waals surface area contributed by atoms with Crippen molar-refractivity contribution in [3.8, 4) is 17.2 Å². The maximum absolute atomic E-state index is 6.02. The van der Waals surface area contributed by atoms with Gasteiger partial charge in [-0.2, -0.15) is 0 Å². The second-order valence-corrected chi connectivity index (χ2v) is 5.65. The van der Waals surface area contributed by atoms with Crippen LogP contribution in [0.15, 0.2) is 36.5 Å². The summed E-state index contributed by atoms with van der Waals surface area (Å²) in [6.07, 6.45) is 3.54. The number of rotatable bonds is 6. The summed E-state index contributed by atoms with van der Waals surface area (Å²) in [4.78, 5) is 4.28. The third-order valence-corrected chi connectivity index (χ3v) is 3.77. The Balaban J connectivity index is 1.68. The Bertz CT molecular complexity index is 655. The van der Waals surface area contributed by atoms with Gasteiger partial charge in [-0.15, -0.1) is 0 Å². The minimum atomic E-state index is 0.131. The predicted octanol–water partition coefficient (Wildman–Crippen LogP) is 3.16. The Morgan fingerprint density at radius 2 is 1.96 bits per heavy atom. The molecule has 0 bridgehead atoms. The van der Waals surface area contributed by atoms with E-state index >= 15 is 0 Å². The normalized spacial score (nSPS) is 15.2. The standard InChI is InChI=1S/C18H22N2O4/c1-21-12-13-2-3-16(11-20-13)23-15-4-5-17(19)18(10-15)24-14-6-8-22-9-7-14/h2-5,10-11,14H,6-9,12,19H2,1H3. The molecule has 1 aromatic carbocycles. The zero-order chi connectivity index (χ0) is 16.8. The fourth-order valence-corrected chi connectivity index (χ4v) is 2.49. The average Bonchev–Trinajstić information content (AvgIpc) is 2.61. The summed E-state index contributed by atoms with van der Waals surface area (Å²) in [6.45, 7) is 1.92. The van der Waals surface area contributed by atoms with Crippen molar-refractivity contribution in [2.24, 2.45) is 0 Å². The molecule has 3 rings (SSSR count). The van der Waals surface area contributed by atoms with Gasteiger partial charge >= 0.3 is 0 Å². The van der Waals surface area contributed by atoms with Gasteiger partial charge in [-0.25, -0.2) is 0 Å². The first-order valence-corrected chi connectivity index (χ1v) is 8.00. The summed E-state index contributed by atoms with van der Waals surface area (Å²) in [5.74, 6) is 1.95. The van der Waals surface area contributed by atoms with E-state index in [4.69, 9.17) is 24.7 Å². The van der Waals surface area contributed by atoms with Crippen LogP contribution in [-0.4, -0.2) is 31.4 Å². The number of nitrogens with two attached hydrogens (primary N) is 1. The molecule has 1 aliphatic rings. The molecule has 0 aliphatic carbocycles. The van der Waals surface area contributed by atoms with Gasteiger partial charge in [0.05, 0.1) is 37.4 Å². The van der Waals surface area contributed by atoms with Gasteiger partial charge in [-0.05, 0) is 24.3 Å². The zero-order valence-electron chi connectivity index (χ0n) is 13.7. The number of nitrogens with zero attached hydrogens (tertiary/aromatic N) is 1. The quantitative estimate of drug-likeness (QED) is 0.820. The van der Waals surface area contributed by atoms with E-state index in [0.717, 1.165) is 31.7 Å². The molecular weight excluding hydrogens is 308 g/mol. The second-order valence-electron chi connectivity index (χ2n) is 5.65. The maximum Gasteiger partial charge on any atom is 0.146 e. The number of aromatic nitrogens is 1. The molecule has 0 unspecified atom stereocenters. The molecule has 1 aromatic heterocycles. The summed E-state index contributed by atoms with van der Waals surface area (Å²) < 4.78 is 22.2. The van der Waals surface area contributed by atoms with Crippen LogP contribution in [0.1, 0.15) is 18.5 Å². The SMILES string of the molecule is COCc1ccc(Oc2ccc(N)c(OC3CCOCC3)c2)cn1. The molecule has 24 heavy (non-hydrogen) atoms. The van der Waals surface area contributed by atoms with Gasteiger partial charge in [0.2, 0.25) is 0 Å². The molecule has 6 nitrogen and oxygen atoms in total. The molecule has 0 atom stereocenters. The summed E-state index contributed by atoms with van der Waals surface area (Å²) in [7, 11) is 1.64. The van der Waals surface area contributed by atoms with E-state index in [1.165, 1.54) is 0 Å². The molecule has 6 heteroatoms. The maximum atomic E-state index is 6.02. The number of nitrogen functional groups attached to an aromatic ring is 1. The van der Waals surface area contributed by atoms with E-state index in [9.17, 15) is 0 Å². The number of hydrogen-bond donors (Lipinski definition) is 1. The predicted molar refractivity (Wildman–Crippen MR) is 90.3 cm³/mol. The van der Waals surface area contributed by atoms with Gasteiger partial charge in [-0.3, -0.25) is 4.98 Å². The van der Waals surface area contributed by atoms with E-state index in [1.54, 1.807) is 19.4 Å². The highest BCUT2D eigenvalue weighted by Crippen LogP contribution is 2.31. The third kappa shape index (κ3) is 4.37. The molecule has 1 fully saturated rings. The van der Waals surface area contributed by atoms with Crippen molar-refractivity contribution in [3.05, 3.63) is 42.2 Å². The van der Waals surface area contributed by atoms with Crippen LogP contribution < -0.4 is 15.2 Å². The van der Waals surface area contributed by atoms with Gasteiger partial charge in [0.15, 0.2) is 0 Å². The zero-order valence-corrected chi connectivity index (χ0v) is 13.7. The van der Waals surface area contributed by atoms with Crippen LogP contribution in [0.4, 0.5) is 5.69 Å². The minimum Gasteiger partial charge on any atom is -0.488 e. The van der Waals surface area contributed by atoms with Gasteiger partial charge in [0.1, 0.15) is 23.4 Å². The van der Waals surface area contributed by atoms with Gasteiger partial charge < -0.3 is 24.7 Å². The van der Waals surface area contributed by atoms with Crippen LogP contribution in [-0.2, 0) is 16.1 Å². The van der Waals surface area contributed by atoms with Crippen molar-refractivity contribution in [2.75, 3.05) is 26.1 Å². The van der Waals surface area contributed by atoms with Crippen molar-refractivity contribution in [1.29, 1.82) is 0 Å². The Labute approximate surface area is 141 Å². The lowest BCUT2D eigenvalue weighted by atomic mass is 10.1. The lowest BCUT2D eigenvalue weighted by Crippen LogP contribution is -2.26. The topological polar surface area (TPSA) is 75.8 Å². The second kappa shape index (κ2) is 7.99. The van der Waals surface area contributed by atoms with Gasteiger partial charge in [0.25, 0.3) is 0 Å². The highest BCUT2D eigenvalue weighted by molar-refractivity contribution is 5.56. The first-order chi connectivity index (χ1) is 11.7. The van der Waals surface area contributed by atoms with Crippen LogP contribution in [0.5, 0.6) is 17.2 Å². The molecule has 0 spiro atoms. The monoisotopic (exact) mass is 330 g/mol. The molecule has 2 heterocycles. The number of ether oxygens (including phenoxy) is 4. The number of anilines is 1. The largest absolute Gasteiger partial charge is 0.488 e. The summed E-state index contributed by atoms with van der Waals surface area (Å²) in [6, 6.07) is 9.14. The summed E-state index contributed by atoms with van der Waals surface area (Å²) in [5, 5.41) is 0. The van der Waals surface area contributed by atoms with Gasteiger partial charge in [-0.1, -0.05) is 0 Å². The van der Waals surface area contributed by atoms with Crippen molar-refractivity contribution in [1.82, 2.24) is 4.98 Å². The molecule has 0 radical (unpaired) electrons. The molecule has 128 valence electrons. The van der Waals surface area contributed by atoms with E-state index < -0.39 is 0 Å². The van der Waals surface area contributed by atoms with Crippen molar-refractivity contribution >= 4 is 5.69 Å². The number of pyridine rings is 1.